The maximum Gasteiger partial charge on any atom is 0.416 e. The van der Waals surface area contributed by atoms with Crippen LogP contribution in [-0.2, 0) is 19.3 Å². The molecule has 76 valence electrons. The quantitative estimate of drug-likeness (QED) is 0.680. The van der Waals surface area contributed by atoms with Gasteiger partial charge in [-0.25, -0.2) is 0 Å². The van der Waals surface area contributed by atoms with Gasteiger partial charge in [0.2, 0.25) is 0 Å². The van der Waals surface area contributed by atoms with Gasteiger partial charge in [-0.15, -0.1) is 0 Å². The van der Waals surface area contributed by atoms with E-state index in [1.165, 1.54) is 13.0 Å². The Morgan fingerprint density at radius 3 is 2.29 bits per heavy atom. The molecule has 0 unspecified atom stereocenters. The first kappa shape index (κ1) is 9.52. The molecular weight excluding hydrogens is 191 g/mol. The van der Waals surface area contributed by atoms with Gasteiger partial charge < -0.3 is 5.32 Å². The number of alkyl halides is 3. The van der Waals surface area contributed by atoms with Gasteiger partial charge in [-0.2, -0.15) is 13.2 Å². The van der Waals surface area contributed by atoms with Gasteiger partial charge in [-0.3, -0.25) is 0 Å². The van der Waals surface area contributed by atoms with E-state index in [1.54, 1.807) is 6.07 Å². The molecule has 0 fully saturated rings. The number of benzene rings is 1. The maximum absolute atomic E-state index is 12.5. The minimum absolute atomic E-state index is 0.306. The molecular formula is C10H10F3N. The second-order valence-corrected chi connectivity index (χ2v) is 3.54. The van der Waals surface area contributed by atoms with Gasteiger partial charge in [-0.1, -0.05) is 6.07 Å². The zero-order chi connectivity index (χ0) is 10.3. The van der Waals surface area contributed by atoms with Gasteiger partial charge in [0.1, 0.15) is 0 Å². The third-order valence-corrected chi connectivity index (χ3v) is 2.48. The van der Waals surface area contributed by atoms with Crippen molar-refractivity contribution < 1.29 is 13.2 Å². The van der Waals surface area contributed by atoms with E-state index in [0.717, 1.165) is 11.1 Å². The fourth-order valence-corrected chi connectivity index (χ4v) is 1.78. The standard InChI is InChI=1S/C10H10F3N/c1-6-2-7-4-14-5-8(7)3-9(6)10(11,12)13/h2-3,14H,4-5H2,1H3. The Kier molecular flexibility index (Phi) is 2.03. The second-order valence-electron chi connectivity index (χ2n) is 3.54. The van der Waals surface area contributed by atoms with Gasteiger partial charge in [0.05, 0.1) is 5.56 Å². The monoisotopic (exact) mass is 201 g/mol. The first-order valence-corrected chi connectivity index (χ1v) is 4.39. The Hall–Kier alpha value is -1.03. The molecule has 0 spiro atoms. The highest BCUT2D eigenvalue weighted by atomic mass is 19.4. The highest BCUT2D eigenvalue weighted by Gasteiger charge is 2.33. The molecule has 4 heteroatoms. The van der Waals surface area contributed by atoms with E-state index >= 15 is 0 Å². The van der Waals surface area contributed by atoms with E-state index in [4.69, 9.17) is 0 Å². The van der Waals surface area contributed by atoms with Crippen LogP contribution in [0.2, 0.25) is 0 Å². The summed E-state index contributed by atoms with van der Waals surface area (Å²) >= 11 is 0. The van der Waals surface area contributed by atoms with Gasteiger partial charge >= 0.3 is 6.18 Å². The van der Waals surface area contributed by atoms with Crippen molar-refractivity contribution in [2.75, 3.05) is 0 Å². The molecule has 1 aliphatic heterocycles. The van der Waals surface area contributed by atoms with Crippen molar-refractivity contribution in [3.8, 4) is 0 Å². The van der Waals surface area contributed by atoms with Gasteiger partial charge in [0.15, 0.2) is 0 Å². The predicted octanol–water partition coefficient (Wildman–Crippen LogP) is 2.62. The summed E-state index contributed by atoms with van der Waals surface area (Å²) in [7, 11) is 0. The van der Waals surface area contributed by atoms with Crippen LogP contribution in [0, 0.1) is 6.92 Å². The fourth-order valence-electron chi connectivity index (χ4n) is 1.78. The Bertz CT molecular complexity index is 368. The minimum atomic E-state index is -4.23. The lowest BCUT2D eigenvalue weighted by Crippen LogP contribution is -2.08. The lowest BCUT2D eigenvalue weighted by atomic mass is 10.0. The van der Waals surface area contributed by atoms with Crippen molar-refractivity contribution >= 4 is 0 Å². The molecule has 0 saturated carbocycles. The predicted molar refractivity (Wildman–Crippen MR) is 46.7 cm³/mol. The number of hydrogen-bond donors (Lipinski definition) is 1. The number of nitrogens with one attached hydrogen (secondary N) is 1. The van der Waals surface area contributed by atoms with Crippen molar-refractivity contribution in [2.24, 2.45) is 0 Å². The largest absolute Gasteiger partial charge is 0.416 e. The first-order valence-electron chi connectivity index (χ1n) is 4.39. The van der Waals surface area contributed by atoms with Crippen LogP contribution >= 0.6 is 0 Å². The van der Waals surface area contributed by atoms with Crippen molar-refractivity contribution in [1.82, 2.24) is 5.32 Å². The summed E-state index contributed by atoms with van der Waals surface area (Å²) in [5.74, 6) is 0. The lowest BCUT2D eigenvalue weighted by molar-refractivity contribution is -0.138. The number of halogens is 3. The van der Waals surface area contributed by atoms with Crippen molar-refractivity contribution in [2.45, 2.75) is 26.2 Å². The Labute approximate surface area is 79.9 Å². The summed E-state index contributed by atoms with van der Waals surface area (Å²) in [5, 5.41) is 3.03. The van der Waals surface area contributed by atoms with E-state index in [-0.39, 0.29) is 0 Å². The first-order chi connectivity index (χ1) is 6.48. The van der Waals surface area contributed by atoms with Crippen LogP contribution in [0.15, 0.2) is 12.1 Å². The summed E-state index contributed by atoms with van der Waals surface area (Å²) in [6, 6.07) is 2.88. The number of fused-ring (bicyclic) bond motifs is 1. The van der Waals surface area contributed by atoms with Crippen LogP contribution in [0.4, 0.5) is 13.2 Å². The topological polar surface area (TPSA) is 12.0 Å². The molecule has 1 nitrogen and oxygen atoms in total. The summed E-state index contributed by atoms with van der Waals surface area (Å²) in [6.45, 7) is 2.72. The molecule has 0 saturated heterocycles. The molecule has 0 aromatic heterocycles. The molecule has 1 aromatic rings. The SMILES string of the molecule is Cc1cc2c(cc1C(F)(F)F)CNC2. The minimum Gasteiger partial charge on any atom is -0.309 e. The smallest absolute Gasteiger partial charge is 0.309 e. The van der Waals surface area contributed by atoms with Crippen LogP contribution in [0.1, 0.15) is 22.3 Å². The number of aryl methyl sites for hydroxylation is 1. The van der Waals surface area contributed by atoms with Crippen molar-refractivity contribution in [3.63, 3.8) is 0 Å². The van der Waals surface area contributed by atoms with Gasteiger partial charge in [0, 0.05) is 13.1 Å². The fraction of sp³-hybridized carbons (Fsp3) is 0.400. The molecule has 0 bridgehead atoms. The molecule has 0 atom stereocenters. The van der Waals surface area contributed by atoms with Crippen LogP contribution in [0.5, 0.6) is 0 Å². The normalized spacial score (nSPS) is 15.7. The van der Waals surface area contributed by atoms with Gasteiger partial charge in [-0.05, 0) is 29.7 Å². The molecule has 14 heavy (non-hydrogen) atoms. The van der Waals surface area contributed by atoms with Crippen LogP contribution in [0.25, 0.3) is 0 Å². The molecule has 0 aliphatic carbocycles. The van der Waals surface area contributed by atoms with E-state index in [9.17, 15) is 13.2 Å². The maximum atomic E-state index is 12.5. The highest BCUT2D eigenvalue weighted by Crippen LogP contribution is 2.34. The Balaban J connectivity index is 2.53. The average molecular weight is 201 g/mol. The summed E-state index contributed by atoms with van der Waals surface area (Å²) in [5.41, 5.74) is 1.54. The van der Waals surface area contributed by atoms with E-state index < -0.39 is 11.7 Å². The molecule has 1 aliphatic rings. The molecule has 1 N–H and O–H groups in total. The van der Waals surface area contributed by atoms with Gasteiger partial charge in [0.25, 0.3) is 0 Å². The molecule has 0 radical (unpaired) electrons. The van der Waals surface area contributed by atoms with E-state index in [2.05, 4.69) is 5.32 Å². The van der Waals surface area contributed by atoms with E-state index in [1.807, 2.05) is 0 Å². The number of hydrogen-bond acceptors (Lipinski definition) is 1. The van der Waals surface area contributed by atoms with Crippen LogP contribution in [-0.4, -0.2) is 0 Å². The lowest BCUT2D eigenvalue weighted by Gasteiger charge is -2.11. The summed E-state index contributed by atoms with van der Waals surface area (Å²) < 4.78 is 37.5. The summed E-state index contributed by atoms with van der Waals surface area (Å²) in [6.07, 6.45) is -4.23. The highest BCUT2D eigenvalue weighted by molar-refractivity contribution is 5.41. The third kappa shape index (κ3) is 1.50. The Morgan fingerprint density at radius 2 is 1.71 bits per heavy atom. The van der Waals surface area contributed by atoms with Crippen molar-refractivity contribution in [1.29, 1.82) is 0 Å². The zero-order valence-corrected chi connectivity index (χ0v) is 7.70. The number of rotatable bonds is 0. The third-order valence-electron chi connectivity index (χ3n) is 2.48. The molecule has 1 aromatic carbocycles. The molecule has 0 amide bonds. The second kappa shape index (κ2) is 2.98. The van der Waals surface area contributed by atoms with Crippen LogP contribution < -0.4 is 5.32 Å². The zero-order valence-electron chi connectivity index (χ0n) is 7.70. The average Bonchev–Trinajstić information content (AvgIpc) is 2.47. The van der Waals surface area contributed by atoms with E-state index in [0.29, 0.717) is 18.7 Å². The molecule has 1 heterocycles. The molecule has 2 rings (SSSR count). The van der Waals surface area contributed by atoms with Crippen molar-refractivity contribution in [3.05, 3.63) is 34.4 Å². The Morgan fingerprint density at radius 1 is 1.14 bits per heavy atom. The van der Waals surface area contributed by atoms with Crippen LogP contribution in [0.3, 0.4) is 0 Å². The summed E-state index contributed by atoms with van der Waals surface area (Å²) in [4.78, 5) is 0.